The van der Waals surface area contributed by atoms with Crippen molar-refractivity contribution >= 4 is 46.2 Å². The van der Waals surface area contributed by atoms with E-state index in [1.165, 1.54) is 12.1 Å². The minimum atomic E-state index is -0.532. The zero-order valence-corrected chi connectivity index (χ0v) is 15.1. The van der Waals surface area contributed by atoms with Crippen molar-refractivity contribution in [1.82, 2.24) is 0 Å². The predicted octanol–water partition coefficient (Wildman–Crippen LogP) is 3.99. The fourth-order valence-corrected chi connectivity index (χ4v) is 3.25. The Morgan fingerprint density at radius 3 is 2.38 bits per heavy atom. The molecule has 0 aliphatic carbocycles. The summed E-state index contributed by atoms with van der Waals surface area (Å²) >= 11 is 11.9. The summed E-state index contributed by atoms with van der Waals surface area (Å²) in [5.74, 6) is -0.478. The van der Waals surface area contributed by atoms with Crippen LogP contribution in [0.5, 0.6) is 0 Å². The van der Waals surface area contributed by atoms with Gasteiger partial charge in [-0.2, -0.15) is 0 Å². The SMILES string of the molecule is O=C(Nc1cc(Cl)cc(Cl)c1)c1cc([N+](=O)[O-])ccc1N1CCOCC1. The van der Waals surface area contributed by atoms with E-state index in [4.69, 9.17) is 27.9 Å². The van der Waals surface area contributed by atoms with Crippen molar-refractivity contribution in [3.8, 4) is 0 Å². The van der Waals surface area contributed by atoms with Gasteiger partial charge in [-0.15, -0.1) is 0 Å². The van der Waals surface area contributed by atoms with E-state index < -0.39 is 10.8 Å². The Morgan fingerprint density at radius 1 is 1.12 bits per heavy atom. The molecule has 1 aliphatic heterocycles. The Morgan fingerprint density at radius 2 is 1.77 bits per heavy atom. The number of hydrogen-bond acceptors (Lipinski definition) is 5. The Hall–Kier alpha value is -2.35. The average molecular weight is 396 g/mol. The zero-order chi connectivity index (χ0) is 18.7. The van der Waals surface area contributed by atoms with Gasteiger partial charge in [0.25, 0.3) is 11.6 Å². The number of nitro benzene ring substituents is 1. The first-order valence-electron chi connectivity index (χ1n) is 7.82. The molecule has 0 saturated carbocycles. The molecule has 0 radical (unpaired) electrons. The zero-order valence-electron chi connectivity index (χ0n) is 13.6. The second kappa shape index (κ2) is 7.90. The number of rotatable bonds is 4. The van der Waals surface area contributed by atoms with Crippen LogP contribution in [0, 0.1) is 10.1 Å². The van der Waals surface area contributed by atoms with Crippen molar-refractivity contribution in [3.05, 3.63) is 62.1 Å². The number of ether oxygens (including phenoxy) is 1. The minimum absolute atomic E-state index is 0.156. The number of non-ortho nitro benzene ring substituents is 1. The summed E-state index contributed by atoms with van der Waals surface area (Å²) < 4.78 is 5.33. The van der Waals surface area contributed by atoms with Crippen LogP contribution in [0.2, 0.25) is 10.0 Å². The third-order valence-electron chi connectivity index (χ3n) is 3.91. The smallest absolute Gasteiger partial charge is 0.270 e. The lowest BCUT2D eigenvalue weighted by atomic mass is 10.1. The summed E-state index contributed by atoms with van der Waals surface area (Å²) in [6.07, 6.45) is 0. The quantitative estimate of drug-likeness (QED) is 0.624. The van der Waals surface area contributed by atoms with Gasteiger partial charge in [0.2, 0.25) is 0 Å². The first kappa shape index (κ1) is 18.4. The van der Waals surface area contributed by atoms with E-state index in [0.717, 1.165) is 0 Å². The number of nitrogens with one attached hydrogen (secondary N) is 1. The van der Waals surface area contributed by atoms with Gasteiger partial charge < -0.3 is 15.0 Å². The number of anilines is 2. The Balaban J connectivity index is 1.95. The van der Waals surface area contributed by atoms with Gasteiger partial charge in [-0.25, -0.2) is 0 Å². The van der Waals surface area contributed by atoms with E-state index in [1.54, 1.807) is 24.3 Å². The molecule has 0 spiro atoms. The van der Waals surface area contributed by atoms with Gasteiger partial charge in [-0.1, -0.05) is 23.2 Å². The summed E-state index contributed by atoms with van der Waals surface area (Å²) in [5, 5.41) is 14.6. The Bertz CT molecular complexity index is 834. The predicted molar refractivity (Wildman–Crippen MR) is 101 cm³/mol. The number of amides is 1. The number of nitrogens with zero attached hydrogens (tertiary/aromatic N) is 2. The molecule has 9 heteroatoms. The second-order valence-corrected chi connectivity index (χ2v) is 6.54. The van der Waals surface area contributed by atoms with Crippen LogP contribution < -0.4 is 10.2 Å². The van der Waals surface area contributed by atoms with Crippen molar-refractivity contribution in [1.29, 1.82) is 0 Å². The summed E-state index contributed by atoms with van der Waals surface area (Å²) in [4.78, 5) is 25.3. The highest BCUT2D eigenvalue weighted by Gasteiger charge is 2.22. The number of morpholine rings is 1. The van der Waals surface area contributed by atoms with Gasteiger partial charge in [-0.3, -0.25) is 14.9 Å². The first-order valence-corrected chi connectivity index (χ1v) is 8.58. The molecule has 2 aromatic rings. The molecule has 3 rings (SSSR count). The standard InChI is InChI=1S/C17H15Cl2N3O4/c18-11-7-12(19)9-13(8-11)20-17(23)15-10-14(22(24)25)1-2-16(15)21-3-5-26-6-4-21/h1-2,7-10H,3-6H2,(H,20,23). The van der Waals surface area contributed by atoms with Crippen LogP contribution in [-0.2, 0) is 4.74 Å². The Labute approximate surface area is 159 Å². The molecule has 1 aliphatic rings. The summed E-state index contributed by atoms with van der Waals surface area (Å²) in [6.45, 7) is 2.26. The maximum absolute atomic E-state index is 12.8. The van der Waals surface area contributed by atoms with E-state index in [-0.39, 0.29) is 11.3 Å². The average Bonchev–Trinajstić information content (AvgIpc) is 2.61. The third kappa shape index (κ3) is 4.24. The lowest BCUT2D eigenvalue weighted by Gasteiger charge is -2.30. The van der Waals surface area contributed by atoms with Gasteiger partial charge in [-0.05, 0) is 24.3 Å². The van der Waals surface area contributed by atoms with E-state index >= 15 is 0 Å². The normalized spacial score (nSPS) is 14.2. The molecule has 26 heavy (non-hydrogen) atoms. The molecule has 1 N–H and O–H groups in total. The van der Waals surface area contributed by atoms with E-state index in [0.29, 0.717) is 47.7 Å². The van der Waals surface area contributed by atoms with Crippen molar-refractivity contribution in [2.75, 3.05) is 36.5 Å². The molecule has 1 heterocycles. The Kier molecular flexibility index (Phi) is 5.61. The summed E-state index contributed by atoms with van der Waals surface area (Å²) in [7, 11) is 0. The molecular weight excluding hydrogens is 381 g/mol. The van der Waals surface area contributed by atoms with Crippen LogP contribution in [0.1, 0.15) is 10.4 Å². The highest BCUT2D eigenvalue weighted by Crippen LogP contribution is 2.28. The second-order valence-electron chi connectivity index (χ2n) is 5.67. The number of nitro groups is 1. The molecule has 7 nitrogen and oxygen atoms in total. The van der Waals surface area contributed by atoms with Crippen molar-refractivity contribution in [3.63, 3.8) is 0 Å². The topological polar surface area (TPSA) is 84.7 Å². The van der Waals surface area contributed by atoms with Crippen molar-refractivity contribution in [2.45, 2.75) is 0 Å². The molecule has 0 atom stereocenters. The van der Waals surface area contributed by atoms with Gasteiger partial charge in [0, 0.05) is 41.0 Å². The van der Waals surface area contributed by atoms with Crippen LogP contribution in [-0.4, -0.2) is 37.1 Å². The number of carbonyl (C=O) groups is 1. The van der Waals surface area contributed by atoms with Crippen molar-refractivity contribution in [2.24, 2.45) is 0 Å². The fraction of sp³-hybridized carbons (Fsp3) is 0.235. The number of halogens is 2. The summed E-state index contributed by atoms with van der Waals surface area (Å²) in [5.41, 5.74) is 1.07. The minimum Gasteiger partial charge on any atom is -0.378 e. The highest BCUT2D eigenvalue weighted by atomic mass is 35.5. The van der Waals surface area contributed by atoms with Crippen LogP contribution >= 0.6 is 23.2 Å². The van der Waals surface area contributed by atoms with Crippen LogP contribution in [0.4, 0.5) is 17.1 Å². The molecule has 1 saturated heterocycles. The lowest BCUT2D eigenvalue weighted by Crippen LogP contribution is -2.37. The summed E-state index contributed by atoms with van der Waals surface area (Å²) in [6, 6.07) is 8.90. The molecule has 0 bridgehead atoms. The largest absolute Gasteiger partial charge is 0.378 e. The van der Waals surface area contributed by atoms with E-state index in [9.17, 15) is 14.9 Å². The maximum atomic E-state index is 12.8. The molecule has 1 fully saturated rings. The molecule has 136 valence electrons. The maximum Gasteiger partial charge on any atom is 0.270 e. The van der Waals surface area contributed by atoms with Crippen LogP contribution in [0.25, 0.3) is 0 Å². The van der Waals surface area contributed by atoms with Crippen molar-refractivity contribution < 1.29 is 14.5 Å². The molecule has 0 unspecified atom stereocenters. The first-order chi connectivity index (χ1) is 12.4. The number of hydrogen-bond donors (Lipinski definition) is 1. The van der Waals surface area contributed by atoms with E-state index in [2.05, 4.69) is 5.32 Å². The monoisotopic (exact) mass is 395 g/mol. The van der Waals surface area contributed by atoms with Crippen LogP contribution in [0.3, 0.4) is 0 Å². The van der Waals surface area contributed by atoms with Crippen LogP contribution in [0.15, 0.2) is 36.4 Å². The highest BCUT2D eigenvalue weighted by molar-refractivity contribution is 6.35. The number of benzene rings is 2. The third-order valence-corrected chi connectivity index (χ3v) is 4.34. The molecular formula is C17H15Cl2N3O4. The van der Waals surface area contributed by atoms with E-state index in [1.807, 2.05) is 4.90 Å². The fourth-order valence-electron chi connectivity index (χ4n) is 2.72. The molecule has 2 aromatic carbocycles. The van der Waals surface area contributed by atoms with Gasteiger partial charge in [0.05, 0.1) is 29.4 Å². The molecule has 0 aromatic heterocycles. The van der Waals surface area contributed by atoms with Gasteiger partial charge in [0.1, 0.15) is 0 Å². The van der Waals surface area contributed by atoms with Gasteiger partial charge in [0.15, 0.2) is 0 Å². The van der Waals surface area contributed by atoms with Gasteiger partial charge >= 0.3 is 0 Å². The lowest BCUT2D eigenvalue weighted by molar-refractivity contribution is -0.384. The molecule has 1 amide bonds. The number of carbonyl (C=O) groups excluding carboxylic acids is 1.